The van der Waals surface area contributed by atoms with Gasteiger partial charge in [-0.2, -0.15) is 0 Å². The summed E-state index contributed by atoms with van der Waals surface area (Å²) in [5.74, 6) is 0.654. The van der Waals surface area contributed by atoms with Gasteiger partial charge in [0.1, 0.15) is 0 Å². The molecule has 0 spiro atoms. The van der Waals surface area contributed by atoms with E-state index >= 15 is 0 Å². The molecule has 1 atom stereocenters. The van der Waals surface area contributed by atoms with Gasteiger partial charge in [0, 0.05) is 13.1 Å². The quantitative estimate of drug-likeness (QED) is 0.618. The number of hydrogen-bond donors (Lipinski definition) is 1. The molecule has 0 radical (unpaired) electrons. The molecule has 1 amide bonds. The number of thioether (sulfide) groups is 1. The van der Waals surface area contributed by atoms with E-state index in [1.54, 1.807) is 23.7 Å². The first-order chi connectivity index (χ1) is 13.1. The van der Waals surface area contributed by atoms with Gasteiger partial charge in [-0.3, -0.25) is 9.10 Å². The van der Waals surface area contributed by atoms with E-state index in [1.807, 2.05) is 32.9 Å². The zero-order valence-corrected chi connectivity index (χ0v) is 18.5. The standard InChI is InChI=1S/C18H27N5O3S2/c1-6-14(3)19-17(24)12-27-18-21-20-16(22(18)4)11-23(28(5,25)26)15-9-7-13(2)8-10-15/h7-10,14H,6,11-12H2,1-5H3,(H,19,24)/t14-/m1/s1. The molecule has 8 nitrogen and oxygen atoms in total. The first-order valence-corrected chi connectivity index (χ1v) is 11.8. The smallest absolute Gasteiger partial charge is 0.232 e. The maximum atomic E-state index is 12.3. The fraction of sp³-hybridized carbons (Fsp3) is 0.500. The average molecular weight is 426 g/mol. The van der Waals surface area contributed by atoms with E-state index in [0.29, 0.717) is 16.7 Å². The number of sulfonamides is 1. The molecule has 1 heterocycles. The minimum Gasteiger partial charge on any atom is -0.353 e. The van der Waals surface area contributed by atoms with Gasteiger partial charge in [0.05, 0.1) is 24.2 Å². The maximum absolute atomic E-state index is 12.3. The Bertz CT molecular complexity index is 910. The zero-order valence-electron chi connectivity index (χ0n) is 16.8. The summed E-state index contributed by atoms with van der Waals surface area (Å²) in [7, 11) is -1.73. The number of nitrogens with one attached hydrogen (secondary N) is 1. The van der Waals surface area contributed by atoms with E-state index in [2.05, 4.69) is 15.5 Å². The normalized spacial score (nSPS) is 12.6. The van der Waals surface area contributed by atoms with Crippen molar-refractivity contribution in [3.05, 3.63) is 35.7 Å². The Morgan fingerprint density at radius 2 is 1.93 bits per heavy atom. The third kappa shape index (κ3) is 5.96. The van der Waals surface area contributed by atoms with Gasteiger partial charge in [-0.15, -0.1) is 10.2 Å². The Morgan fingerprint density at radius 1 is 1.29 bits per heavy atom. The van der Waals surface area contributed by atoms with Gasteiger partial charge in [-0.05, 0) is 32.4 Å². The number of hydrogen-bond acceptors (Lipinski definition) is 6. The van der Waals surface area contributed by atoms with Crippen molar-refractivity contribution in [3.63, 3.8) is 0 Å². The summed E-state index contributed by atoms with van der Waals surface area (Å²) >= 11 is 1.27. The molecule has 0 aliphatic rings. The second-order valence-corrected chi connectivity index (χ2v) is 9.58. The Balaban J connectivity index is 2.13. The average Bonchev–Trinajstić information content (AvgIpc) is 2.97. The van der Waals surface area contributed by atoms with Gasteiger partial charge in [-0.25, -0.2) is 8.42 Å². The highest BCUT2D eigenvalue weighted by Gasteiger charge is 2.21. The summed E-state index contributed by atoms with van der Waals surface area (Å²) in [6, 6.07) is 7.38. The molecule has 10 heteroatoms. The number of nitrogens with zero attached hydrogens (tertiary/aromatic N) is 4. The van der Waals surface area contributed by atoms with Crippen molar-refractivity contribution in [2.24, 2.45) is 7.05 Å². The maximum Gasteiger partial charge on any atom is 0.232 e. The van der Waals surface area contributed by atoms with Gasteiger partial charge in [0.2, 0.25) is 15.9 Å². The van der Waals surface area contributed by atoms with Crippen molar-refractivity contribution in [2.75, 3.05) is 16.3 Å². The lowest BCUT2D eigenvalue weighted by atomic mass is 10.2. The third-order valence-corrected chi connectivity index (χ3v) is 6.45. The molecule has 0 aliphatic carbocycles. The van der Waals surface area contributed by atoms with Crippen LogP contribution in [-0.4, -0.2) is 47.1 Å². The van der Waals surface area contributed by atoms with E-state index in [4.69, 9.17) is 0 Å². The predicted octanol–water partition coefficient (Wildman–Crippen LogP) is 2.10. The van der Waals surface area contributed by atoms with Crippen LogP contribution in [0.3, 0.4) is 0 Å². The summed E-state index contributed by atoms with van der Waals surface area (Å²) in [5, 5.41) is 11.7. The monoisotopic (exact) mass is 425 g/mol. The number of carbonyl (C=O) groups is 1. The number of amides is 1. The highest BCUT2D eigenvalue weighted by atomic mass is 32.2. The van der Waals surface area contributed by atoms with Crippen molar-refractivity contribution >= 4 is 33.4 Å². The van der Waals surface area contributed by atoms with Crippen molar-refractivity contribution in [3.8, 4) is 0 Å². The van der Waals surface area contributed by atoms with Crippen LogP contribution in [0.1, 0.15) is 31.7 Å². The largest absolute Gasteiger partial charge is 0.353 e. The van der Waals surface area contributed by atoms with Crippen molar-refractivity contribution in [1.29, 1.82) is 0 Å². The lowest BCUT2D eigenvalue weighted by Gasteiger charge is -2.22. The van der Waals surface area contributed by atoms with Crippen LogP contribution in [0.4, 0.5) is 5.69 Å². The first-order valence-electron chi connectivity index (χ1n) is 8.96. The van der Waals surface area contributed by atoms with Crippen molar-refractivity contribution < 1.29 is 13.2 Å². The molecule has 2 rings (SSSR count). The van der Waals surface area contributed by atoms with E-state index < -0.39 is 10.0 Å². The van der Waals surface area contributed by atoms with Crippen LogP contribution < -0.4 is 9.62 Å². The SMILES string of the molecule is CC[C@@H](C)NC(=O)CSc1nnc(CN(c2ccc(C)cc2)S(C)(=O)=O)n1C. The van der Waals surface area contributed by atoms with Gasteiger partial charge in [0.15, 0.2) is 11.0 Å². The van der Waals surface area contributed by atoms with Crippen LogP contribution in [0.25, 0.3) is 0 Å². The second-order valence-electron chi connectivity index (χ2n) is 6.73. The summed E-state index contributed by atoms with van der Waals surface area (Å²) in [5.41, 5.74) is 1.61. The van der Waals surface area contributed by atoms with Gasteiger partial charge in [0.25, 0.3) is 0 Å². The van der Waals surface area contributed by atoms with Gasteiger partial charge < -0.3 is 9.88 Å². The Labute approximate surface area is 170 Å². The van der Waals surface area contributed by atoms with E-state index in [-0.39, 0.29) is 24.2 Å². The molecule has 1 N–H and O–H groups in total. The molecule has 2 aromatic rings. The number of aryl methyl sites for hydroxylation is 1. The Hall–Kier alpha value is -2.07. The molecule has 28 heavy (non-hydrogen) atoms. The number of anilines is 1. The van der Waals surface area contributed by atoms with Crippen LogP contribution in [0, 0.1) is 6.92 Å². The highest BCUT2D eigenvalue weighted by molar-refractivity contribution is 7.99. The first kappa shape index (κ1) is 22.2. The molecular formula is C18H27N5O3S2. The highest BCUT2D eigenvalue weighted by Crippen LogP contribution is 2.22. The summed E-state index contributed by atoms with van der Waals surface area (Å²) in [6.07, 6.45) is 2.03. The number of aromatic nitrogens is 3. The van der Waals surface area contributed by atoms with Crippen molar-refractivity contribution in [1.82, 2.24) is 20.1 Å². The molecule has 0 unspecified atom stereocenters. The lowest BCUT2D eigenvalue weighted by molar-refractivity contribution is -0.119. The molecule has 0 saturated carbocycles. The molecule has 154 valence electrons. The van der Waals surface area contributed by atoms with E-state index in [0.717, 1.165) is 18.2 Å². The number of benzene rings is 1. The second kappa shape index (κ2) is 9.42. The molecular weight excluding hydrogens is 398 g/mol. The van der Waals surface area contributed by atoms with Crippen LogP contribution in [0.2, 0.25) is 0 Å². The van der Waals surface area contributed by atoms with E-state index in [9.17, 15) is 13.2 Å². The number of carbonyl (C=O) groups excluding carboxylic acids is 1. The predicted molar refractivity (Wildman–Crippen MR) is 112 cm³/mol. The summed E-state index contributed by atoms with van der Waals surface area (Å²) in [4.78, 5) is 11.9. The van der Waals surface area contributed by atoms with Crippen LogP contribution >= 0.6 is 11.8 Å². The van der Waals surface area contributed by atoms with Gasteiger partial charge in [-0.1, -0.05) is 36.4 Å². The van der Waals surface area contributed by atoms with Gasteiger partial charge >= 0.3 is 0 Å². The molecule has 1 aromatic heterocycles. The summed E-state index contributed by atoms with van der Waals surface area (Å²) in [6.45, 7) is 5.96. The third-order valence-electron chi connectivity index (χ3n) is 4.28. The van der Waals surface area contributed by atoms with Crippen LogP contribution in [-0.2, 0) is 28.4 Å². The molecule has 1 aromatic carbocycles. The Kier molecular flexibility index (Phi) is 7.48. The molecule has 0 fully saturated rings. The molecule has 0 saturated heterocycles. The fourth-order valence-electron chi connectivity index (χ4n) is 2.40. The van der Waals surface area contributed by atoms with Crippen LogP contribution in [0.5, 0.6) is 0 Å². The van der Waals surface area contributed by atoms with E-state index in [1.165, 1.54) is 16.1 Å². The minimum absolute atomic E-state index is 0.0605. The summed E-state index contributed by atoms with van der Waals surface area (Å²) < 4.78 is 27.6. The lowest BCUT2D eigenvalue weighted by Crippen LogP contribution is -2.33. The minimum atomic E-state index is -3.50. The molecule has 0 aliphatic heterocycles. The topological polar surface area (TPSA) is 97.2 Å². The van der Waals surface area contributed by atoms with Crippen molar-refractivity contribution in [2.45, 2.75) is 44.9 Å². The molecule has 0 bridgehead atoms. The number of rotatable bonds is 9. The fourth-order valence-corrected chi connectivity index (χ4v) is 3.99. The Morgan fingerprint density at radius 3 is 2.50 bits per heavy atom. The van der Waals surface area contributed by atoms with Crippen LogP contribution in [0.15, 0.2) is 29.4 Å². The zero-order chi connectivity index (χ0) is 20.9.